The van der Waals surface area contributed by atoms with Crippen molar-refractivity contribution in [2.75, 3.05) is 5.32 Å². The Balaban J connectivity index is 2.02. The van der Waals surface area contributed by atoms with Crippen molar-refractivity contribution in [1.29, 1.82) is 5.26 Å². The van der Waals surface area contributed by atoms with E-state index < -0.39 is 0 Å². The lowest BCUT2D eigenvalue weighted by molar-refractivity contribution is 0.435. The van der Waals surface area contributed by atoms with E-state index in [-0.39, 0.29) is 0 Å². The number of nitriles is 1. The van der Waals surface area contributed by atoms with Crippen LogP contribution in [0.1, 0.15) is 32.4 Å². The molecule has 1 aliphatic carbocycles. The third-order valence-corrected chi connectivity index (χ3v) is 3.70. The van der Waals surface area contributed by atoms with Crippen molar-refractivity contribution in [3.63, 3.8) is 0 Å². The van der Waals surface area contributed by atoms with Gasteiger partial charge < -0.3 is 5.32 Å². The van der Waals surface area contributed by atoms with Crippen molar-refractivity contribution >= 4 is 5.69 Å². The highest BCUT2D eigenvalue weighted by Gasteiger charge is 2.29. The van der Waals surface area contributed by atoms with Crippen molar-refractivity contribution in [1.82, 2.24) is 4.98 Å². The average Bonchev–Trinajstić information content (AvgIpc) is 2.62. The monoisotopic (exact) mass is 215 g/mol. The summed E-state index contributed by atoms with van der Waals surface area (Å²) in [7, 11) is 0. The zero-order valence-corrected chi connectivity index (χ0v) is 9.77. The van der Waals surface area contributed by atoms with Gasteiger partial charge in [0.1, 0.15) is 11.8 Å². The van der Waals surface area contributed by atoms with Gasteiger partial charge in [0.2, 0.25) is 0 Å². The number of nitrogens with one attached hydrogen (secondary N) is 1. The molecule has 3 heteroatoms. The maximum absolute atomic E-state index is 8.66. The first-order valence-electron chi connectivity index (χ1n) is 5.83. The molecule has 1 aromatic rings. The summed E-state index contributed by atoms with van der Waals surface area (Å²) < 4.78 is 0. The van der Waals surface area contributed by atoms with Crippen molar-refractivity contribution < 1.29 is 0 Å². The maximum Gasteiger partial charge on any atom is 0.140 e. The van der Waals surface area contributed by atoms with Crippen LogP contribution in [0.3, 0.4) is 0 Å². The standard InChI is InChI=1S/C13H17N3/c1-9-3-6-13(10(9)2)16-12-5-4-11(7-14)15-8-12/h4-5,8-10,13,16H,3,6H2,1-2H3. The highest BCUT2D eigenvalue weighted by molar-refractivity contribution is 5.43. The Labute approximate surface area is 96.5 Å². The fraction of sp³-hybridized carbons (Fsp3) is 0.538. The molecule has 0 amide bonds. The van der Waals surface area contributed by atoms with Crippen LogP contribution in [0.4, 0.5) is 5.69 Å². The van der Waals surface area contributed by atoms with E-state index in [0.717, 1.165) is 11.6 Å². The average molecular weight is 215 g/mol. The summed E-state index contributed by atoms with van der Waals surface area (Å²) >= 11 is 0. The van der Waals surface area contributed by atoms with E-state index in [1.807, 2.05) is 12.1 Å². The summed E-state index contributed by atoms with van der Waals surface area (Å²) in [5.41, 5.74) is 1.49. The SMILES string of the molecule is CC1CCC(Nc2ccc(C#N)nc2)C1C. The summed E-state index contributed by atoms with van der Waals surface area (Å²) in [6.07, 6.45) is 4.26. The second-order valence-electron chi connectivity index (χ2n) is 4.71. The van der Waals surface area contributed by atoms with Gasteiger partial charge in [0.15, 0.2) is 0 Å². The number of rotatable bonds is 2. The first-order chi connectivity index (χ1) is 7.70. The predicted octanol–water partition coefficient (Wildman–Crippen LogP) is 2.80. The minimum Gasteiger partial charge on any atom is -0.381 e. The van der Waals surface area contributed by atoms with Crippen molar-refractivity contribution in [2.24, 2.45) is 11.8 Å². The summed E-state index contributed by atoms with van der Waals surface area (Å²) in [6.45, 7) is 4.61. The molecule has 84 valence electrons. The van der Waals surface area contributed by atoms with Crippen LogP contribution < -0.4 is 5.32 Å². The van der Waals surface area contributed by atoms with E-state index in [0.29, 0.717) is 17.7 Å². The van der Waals surface area contributed by atoms with E-state index >= 15 is 0 Å². The summed E-state index contributed by atoms with van der Waals surface area (Å²) in [5.74, 6) is 1.50. The van der Waals surface area contributed by atoms with Gasteiger partial charge in [0, 0.05) is 6.04 Å². The minimum atomic E-state index is 0.471. The minimum absolute atomic E-state index is 0.471. The van der Waals surface area contributed by atoms with Gasteiger partial charge in [-0.3, -0.25) is 0 Å². The molecule has 0 aromatic carbocycles. The summed E-state index contributed by atoms with van der Waals surface area (Å²) in [4.78, 5) is 4.06. The number of pyridine rings is 1. The van der Waals surface area contributed by atoms with Crippen LogP contribution in [0.25, 0.3) is 0 Å². The second kappa shape index (κ2) is 4.52. The van der Waals surface area contributed by atoms with Gasteiger partial charge in [0.05, 0.1) is 11.9 Å². The Morgan fingerprint density at radius 3 is 2.69 bits per heavy atom. The van der Waals surface area contributed by atoms with Crippen molar-refractivity contribution in [2.45, 2.75) is 32.7 Å². The number of hydrogen-bond donors (Lipinski definition) is 1. The van der Waals surface area contributed by atoms with Crippen molar-refractivity contribution in [3.8, 4) is 6.07 Å². The van der Waals surface area contributed by atoms with Crippen LogP contribution in [0, 0.1) is 23.2 Å². The molecule has 0 aliphatic heterocycles. The molecule has 1 N–H and O–H groups in total. The Kier molecular flexibility index (Phi) is 3.09. The third-order valence-electron chi connectivity index (χ3n) is 3.70. The molecule has 0 spiro atoms. The Morgan fingerprint density at radius 2 is 2.19 bits per heavy atom. The largest absolute Gasteiger partial charge is 0.381 e. The molecular weight excluding hydrogens is 198 g/mol. The van der Waals surface area contributed by atoms with Gasteiger partial charge in [0.25, 0.3) is 0 Å². The van der Waals surface area contributed by atoms with E-state index in [1.165, 1.54) is 12.8 Å². The van der Waals surface area contributed by atoms with Gasteiger partial charge >= 0.3 is 0 Å². The summed E-state index contributed by atoms with van der Waals surface area (Å²) in [6, 6.07) is 6.26. The molecule has 1 heterocycles. The van der Waals surface area contributed by atoms with E-state index in [4.69, 9.17) is 5.26 Å². The topological polar surface area (TPSA) is 48.7 Å². The van der Waals surface area contributed by atoms with Crippen LogP contribution in [0.15, 0.2) is 18.3 Å². The number of nitrogens with zero attached hydrogens (tertiary/aromatic N) is 2. The lowest BCUT2D eigenvalue weighted by atomic mass is 9.98. The van der Waals surface area contributed by atoms with Crippen LogP contribution in [0.5, 0.6) is 0 Å². The number of anilines is 1. The van der Waals surface area contributed by atoms with Crippen molar-refractivity contribution in [3.05, 3.63) is 24.0 Å². The quantitative estimate of drug-likeness (QED) is 0.825. The van der Waals surface area contributed by atoms with Gasteiger partial charge in [-0.25, -0.2) is 4.98 Å². The molecule has 3 atom stereocenters. The molecule has 1 aliphatic rings. The first-order valence-corrected chi connectivity index (χ1v) is 5.83. The fourth-order valence-corrected chi connectivity index (χ4v) is 2.33. The summed E-state index contributed by atoms with van der Waals surface area (Å²) in [5, 5.41) is 12.2. The zero-order chi connectivity index (χ0) is 11.5. The van der Waals surface area contributed by atoms with E-state index in [1.54, 1.807) is 12.3 Å². The van der Waals surface area contributed by atoms with Gasteiger partial charge in [-0.2, -0.15) is 5.26 Å². The lowest BCUT2D eigenvalue weighted by Gasteiger charge is -2.20. The van der Waals surface area contributed by atoms with E-state index in [2.05, 4.69) is 24.1 Å². The zero-order valence-electron chi connectivity index (χ0n) is 9.77. The lowest BCUT2D eigenvalue weighted by Crippen LogP contribution is -2.24. The molecule has 3 unspecified atom stereocenters. The predicted molar refractivity (Wildman–Crippen MR) is 63.9 cm³/mol. The highest BCUT2D eigenvalue weighted by atomic mass is 14.9. The normalized spacial score (nSPS) is 28.7. The number of aromatic nitrogens is 1. The smallest absolute Gasteiger partial charge is 0.140 e. The van der Waals surface area contributed by atoms with Crippen LogP contribution >= 0.6 is 0 Å². The molecule has 1 fully saturated rings. The molecule has 0 bridgehead atoms. The van der Waals surface area contributed by atoms with Gasteiger partial charge in [-0.1, -0.05) is 13.8 Å². The van der Waals surface area contributed by atoms with Gasteiger partial charge in [-0.15, -0.1) is 0 Å². The number of hydrogen-bond acceptors (Lipinski definition) is 3. The third kappa shape index (κ3) is 2.16. The molecule has 1 saturated carbocycles. The maximum atomic E-state index is 8.66. The molecule has 3 nitrogen and oxygen atoms in total. The van der Waals surface area contributed by atoms with Crippen LogP contribution in [-0.4, -0.2) is 11.0 Å². The van der Waals surface area contributed by atoms with Crippen LogP contribution in [0.2, 0.25) is 0 Å². The molecule has 1 aromatic heterocycles. The Morgan fingerprint density at radius 1 is 1.38 bits per heavy atom. The first kappa shape index (κ1) is 10.9. The molecule has 0 saturated heterocycles. The Bertz CT molecular complexity index is 391. The molecule has 2 rings (SSSR count). The molecule has 16 heavy (non-hydrogen) atoms. The fourth-order valence-electron chi connectivity index (χ4n) is 2.33. The molecule has 0 radical (unpaired) electrons. The Hall–Kier alpha value is -1.56. The van der Waals surface area contributed by atoms with Gasteiger partial charge in [-0.05, 0) is 36.8 Å². The highest BCUT2D eigenvalue weighted by Crippen LogP contribution is 2.33. The van der Waals surface area contributed by atoms with Crippen LogP contribution in [-0.2, 0) is 0 Å². The molecular formula is C13H17N3. The van der Waals surface area contributed by atoms with E-state index in [9.17, 15) is 0 Å². The second-order valence-corrected chi connectivity index (χ2v) is 4.71.